The Kier molecular flexibility index (Phi) is 9.63. The van der Waals surface area contributed by atoms with Crippen molar-refractivity contribution in [3.63, 3.8) is 0 Å². The minimum Gasteiger partial charge on any atom is -0.449 e. The van der Waals surface area contributed by atoms with E-state index in [0.29, 0.717) is 12.8 Å². The number of nitrogens with zero attached hydrogens (tertiary/aromatic N) is 1. The monoisotopic (exact) mass is 307 g/mol. The van der Waals surface area contributed by atoms with E-state index in [1.807, 2.05) is 13.8 Å². The second-order valence-electron chi connectivity index (χ2n) is 5.33. The number of amides is 1. The summed E-state index contributed by atoms with van der Waals surface area (Å²) in [6.45, 7) is 8.09. The van der Waals surface area contributed by atoms with Crippen LogP contribution in [0, 0.1) is 5.92 Å². The highest BCUT2D eigenvalue weighted by molar-refractivity contribution is 7.89. The Hall–Kier alpha value is -0.780. The van der Waals surface area contributed by atoms with E-state index in [2.05, 4.69) is 6.92 Å². The third-order valence-corrected chi connectivity index (χ3v) is 4.73. The number of sulfonamides is 1. The molecule has 0 aromatic heterocycles. The van der Waals surface area contributed by atoms with Gasteiger partial charge in [-0.1, -0.05) is 40.0 Å². The summed E-state index contributed by atoms with van der Waals surface area (Å²) in [6.07, 6.45) is 3.53. The first-order valence-electron chi connectivity index (χ1n) is 7.52. The zero-order valence-corrected chi connectivity index (χ0v) is 14.0. The molecule has 0 spiro atoms. The van der Waals surface area contributed by atoms with Crippen LogP contribution < -0.4 is 0 Å². The third kappa shape index (κ3) is 7.72. The fourth-order valence-corrected chi connectivity index (χ4v) is 3.39. The van der Waals surface area contributed by atoms with Crippen LogP contribution in [-0.4, -0.2) is 37.7 Å². The zero-order chi connectivity index (χ0) is 15.6. The number of unbranched alkanes of at least 4 members (excludes halogenated alkanes) is 3. The quantitative estimate of drug-likeness (QED) is 0.580. The molecule has 5 nitrogen and oxygen atoms in total. The Morgan fingerprint density at radius 1 is 1.15 bits per heavy atom. The molecule has 0 radical (unpaired) electrons. The van der Waals surface area contributed by atoms with Gasteiger partial charge in [0.2, 0.25) is 10.0 Å². The highest BCUT2D eigenvalue weighted by Crippen LogP contribution is 2.12. The summed E-state index contributed by atoms with van der Waals surface area (Å²) in [4.78, 5) is 11.8. The second kappa shape index (κ2) is 10.0. The summed E-state index contributed by atoms with van der Waals surface area (Å²) in [5, 5.41) is 0. The molecule has 0 bridgehead atoms. The minimum absolute atomic E-state index is 0.00272. The molecule has 20 heavy (non-hydrogen) atoms. The van der Waals surface area contributed by atoms with E-state index in [1.165, 1.54) is 0 Å². The first-order chi connectivity index (χ1) is 9.35. The molecule has 0 N–H and O–H groups in total. The number of rotatable bonds is 10. The number of carbonyl (C=O) groups excluding carboxylic acids is 1. The molecule has 0 rings (SSSR count). The minimum atomic E-state index is -3.57. The molecule has 0 aliphatic heterocycles. The summed E-state index contributed by atoms with van der Waals surface area (Å²) < 4.78 is 30.3. The topological polar surface area (TPSA) is 63.7 Å². The fourth-order valence-electron chi connectivity index (χ4n) is 1.72. The van der Waals surface area contributed by atoms with Crippen LogP contribution in [0.5, 0.6) is 0 Å². The van der Waals surface area contributed by atoms with Crippen LogP contribution in [-0.2, 0) is 14.8 Å². The lowest BCUT2D eigenvalue weighted by atomic mass is 10.2. The zero-order valence-electron chi connectivity index (χ0n) is 13.2. The standard InChI is InChI=1S/C14H29NO4S/c1-5-7-8-9-11-15(14(16)19-6-2)20(17,18)12-10-13(3)4/h13H,5-12H2,1-4H3. The van der Waals surface area contributed by atoms with E-state index in [0.717, 1.165) is 23.6 Å². The first kappa shape index (κ1) is 19.2. The van der Waals surface area contributed by atoms with Gasteiger partial charge in [-0.2, -0.15) is 0 Å². The lowest BCUT2D eigenvalue weighted by molar-refractivity contribution is 0.130. The van der Waals surface area contributed by atoms with E-state index in [1.54, 1.807) is 6.92 Å². The molecule has 0 saturated carbocycles. The summed E-state index contributed by atoms with van der Waals surface area (Å²) in [6, 6.07) is 0. The molecule has 0 saturated heterocycles. The van der Waals surface area contributed by atoms with Crippen molar-refractivity contribution in [2.45, 2.75) is 59.8 Å². The Morgan fingerprint density at radius 3 is 2.30 bits per heavy atom. The van der Waals surface area contributed by atoms with Crippen LogP contribution in [0.1, 0.15) is 59.8 Å². The van der Waals surface area contributed by atoms with Gasteiger partial charge >= 0.3 is 6.09 Å². The molecule has 0 fully saturated rings. The Morgan fingerprint density at radius 2 is 1.80 bits per heavy atom. The molecular weight excluding hydrogens is 278 g/mol. The van der Waals surface area contributed by atoms with Gasteiger partial charge in [0.25, 0.3) is 0 Å². The molecule has 120 valence electrons. The van der Waals surface area contributed by atoms with Gasteiger partial charge in [0, 0.05) is 6.54 Å². The van der Waals surface area contributed by atoms with Crippen LogP contribution in [0.3, 0.4) is 0 Å². The van der Waals surface area contributed by atoms with Crippen molar-refractivity contribution >= 4 is 16.1 Å². The van der Waals surface area contributed by atoms with Crippen LogP contribution in [0.25, 0.3) is 0 Å². The fraction of sp³-hybridized carbons (Fsp3) is 0.929. The Bertz CT molecular complexity index is 365. The largest absolute Gasteiger partial charge is 0.449 e. The Balaban J connectivity index is 4.68. The lowest BCUT2D eigenvalue weighted by Gasteiger charge is -2.22. The number of hydrogen-bond acceptors (Lipinski definition) is 4. The van der Waals surface area contributed by atoms with Crippen LogP contribution in [0.15, 0.2) is 0 Å². The SMILES string of the molecule is CCCCCCN(C(=O)OCC)S(=O)(=O)CCC(C)C. The highest BCUT2D eigenvalue weighted by atomic mass is 32.2. The molecule has 0 heterocycles. The van der Waals surface area contributed by atoms with Crippen molar-refractivity contribution in [2.24, 2.45) is 5.92 Å². The highest BCUT2D eigenvalue weighted by Gasteiger charge is 2.27. The molecule has 0 unspecified atom stereocenters. The maximum Gasteiger partial charge on any atom is 0.423 e. The number of ether oxygens (including phenoxy) is 1. The van der Waals surface area contributed by atoms with E-state index in [9.17, 15) is 13.2 Å². The molecule has 0 atom stereocenters. The molecule has 6 heteroatoms. The molecule has 0 aliphatic carbocycles. The van der Waals surface area contributed by atoms with Crippen molar-refractivity contribution in [3.05, 3.63) is 0 Å². The first-order valence-corrected chi connectivity index (χ1v) is 9.13. The van der Waals surface area contributed by atoms with Gasteiger partial charge in [-0.3, -0.25) is 0 Å². The van der Waals surface area contributed by atoms with E-state index in [4.69, 9.17) is 4.74 Å². The van der Waals surface area contributed by atoms with Gasteiger partial charge in [0.1, 0.15) is 0 Å². The van der Waals surface area contributed by atoms with Crippen LogP contribution >= 0.6 is 0 Å². The average molecular weight is 307 g/mol. The third-order valence-electron chi connectivity index (χ3n) is 2.98. The summed E-state index contributed by atoms with van der Waals surface area (Å²) in [5.74, 6) is 0.283. The van der Waals surface area contributed by atoms with Gasteiger partial charge < -0.3 is 4.74 Å². The summed E-state index contributed by atoms with van der Waals surface area (Å²) >= 11 is 0. The lowest BCUT2D eigenvalue weighted by Crippen LogP contribution is -2.39. The van der Waals surface area contributed by atoms with Crippen molar-refractivity contribution in [2.75, 3.05) is 18.9 Å². The van der Waals surface area contributed by atoms with Crippen molar-refractivity contribution < 1.29 is 17.9 Å². The van der Waals surface area contributed by atoms with Crippen LogP contribution in [0.4, 0.5) is 4.79 Å². The van der Waals surface area contributed by atoms with Gasteiger partial charge in [-0.15, -0.1) is 0 Å². The number of carbonyl (C=O) groups is 1. The van der Waals surface area contributed by atoms with E-state index in [-0.39, 0.29) is 24.8 Å². The number of hydrogen-bond donors (Lipinski definition) is 0. The maximum atomic E-state index is 12.2. The molecule has 0 aromatic carbocycles. The molecule has 0 aliphatic rings. The predicted molar refractivity (Wildman–Crippen MR) is 81.1 cm³/mol. The smallest absolute Gasteiger partial charge is 0.423 e. The van der Waals surface area contributed by atoms with Gasteiger partial charge in [-0.25, -0.2) is 17.5 Å². The summed E-state index contributed by atoms with van der Waals surface area (Å²) in [7, 11) is -3.57. The maximum absolute atomic E-state index is 12.2. The predicted octanol–water partition coefficient (Wildman–Crippen LogP) is 3.40. The normalized spacial score (nSPS) is 11.7. The van der Waals surface area contributed by atoms with Crippen molar-refractivity contribution in [1.29, 1.82) is 0 Å². The van der Waals surface area contributed by atoms with E-state index < -0.39 is 16.1 Å². The van der Waals surface area contributed by atoms with E-state index >= 15 is 0 Å². The van der Waals surface area contributed by atoms with Crippen LogP contribution in [0.2, 0.25) is 0 Å². The van der Waals surface area contributed by atoms with Gasteiger partial charge in [-0.05, 0) is 25.7 Å². The van der Waals surface area contributed by atoms with Crippen molar-refractivity contribution in [1.82, 2.24) is 4.31 Å². The van der Waals surface area contributed by atoms with Gasteiger partial charge in [0.05, 0.1) is 12.4 Å². The molecule has 0 aromatic rings. The van der Waals surface area contributed by atoms with Crippen molar-refractivity contribution in [3.8, 4) is 0 Å². The summed E-state index contributed by atoms with van der Waals surface area (Å²) in [5.41, 5.74) is 0. The average Bonchev–Trinajstić information content (AvgIpc) is 2.36. The Labute approximate surface area is 123 Å². The van der Waals surface area contributed by atoms with Gasteiger partial charge in [0.15, 0.2) is 0 Å². The molecular formula is C14H29NO4S. The molecule has 1 amide bonds. The second-order valence-corrected chi connectivity index (χ2v) is 7.34.